The lowest BCUT2D eigenvalue weighted by molar-refractivity contribution is 0.240. The number of nitrogens with one attached hydrogen (secondary N) is 2. The molecule has 3 heteroatoms. The maximum atomic E-state index is 11.4. The fourth-order valence-electron chi connectivity index (χ4n) is 2.61. The number of urea groups is 1. The van der Waals surface area contributed by atoms with Crippen LogP contribution >= 0.6 is 0 Å². The molecular formula is C19H40N2O. The van der Waals surface area contributed by atoms with E-state index < -0.39 is 0 Å². The Morgan fingerprint density at radius 1 is 0.545 bits per heavy atom. The van der Waals surface area contributed by atoms with Crippen LogP contribution in [-0.4, -0.2) is 19.1 Å². The van der Waals surface area contributed by atoms with Gasteiger partial charge in [-0.05, 0) is 12.8 Å². The van der Waals surface area contributed by atoms with Gasteiger partial charge in [-0.25, -0.2) is 4.79 Å². The van der Waals surface area contributed by atoms with Gasteiger partial charge in [-0.15, -0.1) is 0 Å². The van der Waals surface area contributed by atoms with Crippen molar-refractivity contribution in [3.8, 4) is 0 Å². The standard InChI is InChI=1S/C19H40N2O/c1-3-5-7-8-9-10-11-12-13-14-15-16-18-21-19(22)20-17-6-4-2/h3-18H2,1-2H3,(H2,20,21,22). The fourth-order valence-corrected chi connectivity index (χ4v) is 2.61. The second kappa shape index (κ2) is 18.3. The minimum absolute atomic E-state index is 0.00322. The fraction of sp³-hybridized carbons (Fsp3) is 0.947. The molecule has 2 N–H and O–H groups in total. The van der Waals surface area contributed by atoms with Gasteiger partial charge in [-0.1, -0.05) is 90.9 Å². The van der Waals surface area contributed by atoms with Crippen molar-refractivity contribution in [1.29, 1.82) is 0 Å². The summed E-state index contributed by atoms with van der Waals surface area (Å²) in [7, 11) is 0. The number of unbranched alkanes of at least 4 members (excludes halogenated alkanes) is 12. The summed E-state index contributed by atoms with van der Waals surface area (Å²) in [5.41, 5.74) is 0. The number of carbonyl (C=O) groups is 1. The van der Waals surface area contributed by atoms with Crippen LogP contribution in [0.3, 0.4) is 0 Å². The first kappa shape index (κ1) is 21.3. The summed E-state index contributed by atoms with van der Waals surface area (Å²) < 4.78 is 0. The average molecular weight is 313 g/mol. The Morgan fingerprint density at radius 2 is 0.909 bits per heavy atom. The molecule has 3 nitrogen and oxygen atoms in total. The lowest BCUT2D eigenvalue weighted by Crippen LogP contribution is -2.36. The molecule has 0 aliphatic heterocycles. The van der Waals surface area contributed by atoms with Crippen LogP contribution in [0, 0.1) is 0 Å². The molecule has 0 saturated heterocycles. The minimum atomic E-state index is -0.00322. The Kier molecular flexibility index (Phi) is 17.7. The van der Waals surface area contributed by atoms with E-state index in [0.717, 1.165) is 32.4 Å². The Bertz CT molecular complexity index is 231. The van der Waals surface area contributed by atoms with Crippen molar-refractivity contribution in [3.05, 3.63) is 0 Å². The SMILES string of the molecule is CCCCCCCCCCCCCCNC(=O)NCCCC. The van der Waals surface area contributed by atoms with Gasteiger partial charge >= 0.3 is 6.03 Å². The highest BCUT2D eigenvalue weighted by molar-refractivity contribution is 5.73. The highest BCUT2D eigenvalue weighted by Crippen LogP contribution is 2.11. The second-order valence-corrected chi connectivity index (χ2v) is 6.43. The molecule has 132 valence electrons. The zero-order valence-electron chi connectivity index (χ0n) is 15.2. The van der Waals surface area contributed by atoms with E-state index in [-0.39, 0.29) is 6.03 Å². The predicted molar refractivity (Wildman–Crippen MR) is 97.4 cm³/mol. The Morgan fingerprint density at radius 3 is 1.36 bits per heavy atom. The molecule has 0 aromatic rings. The van der Waals surface area contributed by atoms with Gasteiger partial charge in [0.2, 0.25) is 0 Å². The summed E-state index contributed by atoms with van der Waals surface area (Å²) in [6, 6.07) is -0.00322. The normalized spacial score (nSPS) is 10.6. The van der Waals surface area contributed by atoms with E-state index in [2.05, 4.69) is 24.5 Å². The monoisotopic (exact) mass is 312 g/mol. The Balaban J connectivity index is 3.06. The first-order valence-corrected chi connectivity index (χ1v) is 9.83. The molecule has 0 fully saturated rings. The molecule has 0 rings (SSSR count). The van der Waals surface area contributed by atoms with Crippen molar-refractivity contribution in [2.45, 2.75) is 104 Å². The van der Waals surface area contributed by atoms with Gasteiger partial charge in [0, 0.05) is 13.1 Å². The smallest absolute Gasteiger partial charge is 0.314 e. The largest absolute Gasteiger partial charge is 0.338 e. The number of carbonyl (C=O) groups excluding carboxylic acids is 1. The molecular weight excluding hydrogens is 272 g/mol. The molecule has 0 heterocycles. The molecule has 0 bridgehead atoms. The number of amides is 2. The van der Waals surface area contributed by atoms with Crippen molar-refractivity contribution in [1.82, 2.24) is 10.6 Å². The van der Waals surface area contributed by atoms with Crippen LogP contribution in [0.4, 0.5) is 4.79 Å². The molecule has 0 spiro atoms. The van der Waals surface area contributed by atoms with Gasteiger partial charge in [0.05, 0.1) is 0 Å². The minimum Gasteiger partial charge on any atom is -0.338 e. The molecule has 0 saturated carbocycles. The van der Waals surface area contributed by atoms with Crippen LogP contribution in [0.25, 0.3) is 0 Å². The van der Waals surface area contributed by atoms with Gasteiger partial charge in [0.15, 0.2) is 0 Å². The highest BCUT2D eigenvalue weighted by atomic mass is 16.2. The average Bonchev–Trinajstić information content (AvgIpc) is 2.52. The van der Waals surface area contributed by atoms with E-state index in [1.165, 1.54) is 70.6 Å². The van der Waals surface area contributed by atoms with E-state index >= 15 is 0 Å². The zero-order chi connectivity index (χ0) is 16.3. The van der Waals surface area contributed by atoms with Gasteiger partial charge in [-0.3, -0.25) is 0 Å². The lowest BCUT2D eigenvalue weighted by atomic mass is 10.1. The molecule has 0 aliphatic carbocycles. The van der Waals surface area contributed by atoms with Crippen LogP contribution in [0.1, 0.15) is 104 Å². The van der Waals surface area contributed by atoms with Crippen molar-refractivity contribution >= 4 is 6.03 Å². The summed E-state index contributed by atoms with van der Waals surface area (Å²) in [5.74, 6) is 0. The summed E-state index contributed by atoms with van der Waals surface area (Å²) in [5, 5.41) is 5.80. The van der Waals surface area contributed by atoms with Crippen LogP contribution < -0.4 is 10.6 Å². The molecule has 0 aliphatic rings. The summed E-state index contributed by atoms with van der Waals surface area (Å²) in [4.78, 5) is 11.4. The molecule has 0 atom stereocenters. The molecule has 0 unspecified atom stereocenters. The van der Waals surface area contributed by atoms with E-state index in [9.17, 15) is 4.79 Å². The van der Waals surface area contributed by atoms with E-state index in [1.54, 1.807) is 0 Å². The first-order valence-electron chi connectivity index (χ1n) is 9.83. The Labute approximate surface area is 139 Å². The van der Waals surface area contributed by atoms with Crippen LogP contribution in [0.15, 0.2) is 0 Å². The van der Waals surface area contributed by atoms with E-state index in [4.69, 9.17) is 0 Å². The maximum Gasteiger partial charge on any atom is 0.314 e. The Hall–Kier alpha value is -0.730. The molecule has 22 heavy (non-hydrogen) atoms. The van der Waals surface area contributed by atoms with Gasteiger partial charge in [-0.2, -0.15) is 0 Å². The summed E-state index contributed by atoms with van der Waals surface area (Å²) >= 11 is 0. The molecule has 2 amide bonds. The molecule has 0 radical (unpaired) electrons. The second-order valence-electron chi connectivity index (χ2n) is 6.43. The molecule has 0 aromatic heterocycles. The number of rotatable bonds is 16. The van der Waals surface area contributed by atoms with Crippen molar-refractivity contribution < 1.29 is 4.79 Å². The summed E-state index contributed by atoms with van der Waals surface area (Å²) in [6.45, 7) is 6.01. The highest BCUT2D eigenvalue weighted by Gasteiger charge is 1.98. The number of hydrogen-bond donors (Lipinski definition) is 2. The molecule has 0 aromatic carbocycles. The first-order chi connectivity index (χ1) is 10.8. The maximum absolute atomic E-state index is 11.4. The van der Waals surface area contributed by atoms with Gasteiger partial charge < -0.3 is 10.6 Å². The van der Waals surface area contributed by atoms with Crippen molar-refractivity contribution in [3.63, 3.8) is 0 Å². The van der Waals surface area contributed by atoms with Crippen LogP contribution in [-0.2, 0) is 0 Å². The van der Waals surface area contributed by atoms with Crippen LogP contribution in [0.2, 0.25) is 0 Å². The van der Waals surface area contributed by atoms with E-state index in [0.29, 0.717) is 0 Å². The quantitative estimate of drug-likeness (QED) is 0.348. The third kappa shape index (κ3) is 17.3. The topological polar surface area (TPSA) is 41.1 Å². The third-order valence-electron chi connectivity index (χ3n) is 4.13. The van der Waals surface area contributed by atoms with Crippen LogP contribution in [0.5, 0.6) is 0 Å². The lowest BCUT2D eigenvalue weighted by Gasteiger charge is -2.07. The predicted octanol–water partition coefficient (Wildman–Crippen LogP) is 5.79. The zero-order valence-corrected chi connectivity index (χ0v) is 15.2. The van der Waals surface area contributed by atoms with Crippen molar-refractivity contribution in [2.24, 2.45) is 0 Å². The van der Waals surface area contributed by atoms with Gasteiger partial charge in [0.25, 0.3) is 0 Å². The summed E-state index contributed by atoms with van der Waals surface area (Å²) in [6.07, 6.45) is 18.5. The number of hydrogen-bond acceptors (Lipinski definition) is 1. The van der Waals surface area contributed by atoms with Crippen molar-refractivity contribution in [2.75, 3.05) is 13.1 Å². The third-order valence-corrected chi connectivity index (χ3v) is 4.13. The van der Waals surface area contributed by atoms with Gasteiger partial charge in [0.1, 0.15) is 0 Å². The van der Waals surface area contributed by atoms with E-state index in [1.807, 2.05) is 0 Å².